The summed E-state index contributed by atoms with van der Waals surface area (Å²) in [6, 6.07) is 1.22. The van der Waals surface area contributed by atoms with E-state index in [1.54, 1.807) is 7.05 Å². The third kappa shape index (κ3) is 2.94. The molecule has 0 unspecified atom stereocenters. The molecular formula is C10H10FN5O2S. The number of pyridine rings is 1. The van der Waals surface area contributed by atoms with Crippen LogP contribution in [0.1, 0.15) is 0 Å². The van der Waals surface area contributed by atoms with E-state index in [9.17, 15) is 12.8 Å². The Balaban J connectivity index is 2.30. The summed E-state index contributed by atoms with van der Waals surface area (Å²) >= 11 is 0. The van der Waals surface area contributed by atoms with E-state index < -0.39 is 15.8 Å². The first-order valence-electron chi connectivity index (χ1n) is 5.15. The predicted octanol–water partition coefficient (Wildman–Crippen LogP) is 0.853. The van der Waals surface area contributed by atoms with Crippen LogP contribution in [0.25, 0.3) is 0 Å². The Labute approximate surface area is 109 Å². The highest BCUT2D eigenvalue weighted by Crippen LogP contribution is 2.17. The normalized spacial score (nSPS) is 11.1. The Hall–Kier alpha value is -2.29. The molecule has 0 atom stereocenters. The van der Waals surface area contributed by atoms with Crippen molar-refractivity contribution in [1.29, 1.82) is 0 Å². The summed E-state index contributed by atoms with van der Waals surface area (Å²) in [5.41, 5.74) is -0.187. The van der Waals surface area contributed by atoms with Crippen LogP contribution in [0.3, 0.4) is 0 Å². The van der Waals surface area contributed by atoms with Gasteiger partial charge in [0.05, 0.1) is 24.3 Å². The van der Waals surface area contributed by atoms with E-state index in [-0.39, 0.29) is 16.5 Å². The van der Waals surface area contributed by atoms with Crippen LogP contribution in [-0.2, 0) is 10.0 Å². The molecule has 0 aliphatic carbocycles. The number of hydrogen-bond donors (Lipinski definition) is 2. The number of halogens is 1. The Morgan fingerprint density at radius 2 is 1.89 bits per heavy atom. The van der Waals surface area contributed by atoms with Gasteiger partial charge >= 0.3 is 0 Å². The van der Waals surface area contributed by atoms with E-state index in [0.29, 0.717) is 0 Å². The second kappa shape index (κ2) is 5.14. The van der Waals surface area contributed by atoms with Gasteiger partial charge in [-0.25, -0.2) is 22.8 Å². The number of rotatable bonds is 4. The first kappa shape index (κ1) is 13.1. The SMILES string of the molecule is CNc1ncc(S(=O)(=O)Nc2ccncc2F)cn1. The average molecular weight is 283 g/mol. The maximum Gasteiger partial charge on any atom is 0.265 e. The van der Waals surface area contributed by atoms with Gasteiger partial charge in [0, 0.05) is 13.2 Å². The van der Waals surface area contributed by atoms with Crippen molar-refractivity contribution in [3.05, 3.63) is 36.7 Å². The minimum atomic E-state index is -3.93. The molecular weight excluding hydrogens is 273 g/mol. The molecule has 0 fully saturated rings. The number of hydrogen-bond acceptors (Lipinski definition) is 6. The minimum Gasteiger partial charge on any atom is -0.357 e. The Morgan fingerprint density at radius 1 is 1.21 bits per heavy atom. The summed E-state index contributed by atoms with van der Waals surface area (Å²) < 4.78 is 39.3. The molecule has 0 bridgehead atoms. The van der Waals surface area contributed by atoms with Crippen molar-refractivity contribution < 1.29 is 12.8 Å². The summed E-state index contributed by atoms with van der Waals surface area (Å²) in [6.07, 6.45) is 4.44. The molecule has 0 saturated carbocycles. The summed E-state index contributed by atoms with van der Waals surface area (Å²) in [4.78, 5) is 10.9. The summed E-state index contributed by atoms with van der Waals surface area (Å²) in [6.45, 7) is 0. The van der Waals surface area contributed by atoms with Crippen LogP contribution in [0.2, 0.25) is 0 Å². The van der Waals surface area contributed by atoms with Crippen molar-refractivity contribution in [2.45, 2.75) is 4.90 Å². The highest BCUT2D eigenvalue weighted by atomic mass is 32.2. The van der Waals surface area contributed by atoms with E-state index in [1.807, 2.05) is 0 Å². The highest BCUT2D eigenvalue weighted by Gasteiger charge is 2.17. The van der Waals surface area contributed by atoms with Crippen molar-refractivity contribution in [3.63, 3.8) is 0 Å². The molecule has 100 valence electrons. The standard InChI is InChI=1S/C10H10FN5O2S/c1-12-10-14-4-7(5-15-10)19(17,18)16-9-2-3-13-6-8(9)11/h2-6H,1H3,(H,13,16)(H,12,14,15). The number of aromatic nitrogens is 3. The third-order valence-corrected chi connectivity index (χ3v) is 3.50. The first-order valence-corrected chi connectivity index (χ1v) is 6.63. The average Bonchev–Trinajstić information content (AvgIpc) is 2.41. The Morgan fingerprint density at radius 3 is 2.47 bits per heavy atom. The number of nitrogens with one attached hydrogen (secondary N) is 2. The molecule has 2 N–H and O–H groups in total. The molecule has 0 aliphatic rings. The molecule has 0 spiro atoms. The minimum absolute atomic E-state index is 0.164. The van der Waals surface area contributed by atoms with Crippen LogP contribution in [-0.4, -0.2) is 30.4 Å². The molecule has 2 rings (SSSR count). The van der Waals surface area contributed by atoms with E-state index in [0.717, 1.165) is 18.6 Å². The van der Waals surface area contributed by atoms with Gasteiger partial charge in [-0.2, -0.15) is 0 Å². The quantitative estimate of drug-likeness (QED) is 0.863. The molecule has 2 heterocycles. The van der Waals surface area contributed by atoms with Crippen LogP contribution in [0.15, 0.2) is 35.7 Å². The fourth-order valence-corrected chi connectivity index (χ4v) is 2.20. The molecule has 7 nitrogen and oxygen atoms in total. The zero-order chi connectivity index (χ0) is 13.9. The highest BCUT2D eigenvalue weighted by molar-refractivity contribution is 7.92. The van der Waals surface area contributed by atoms with Gasteiger partial charge in [-0.15, -0.1) is 0 Å². The van der Waals surface area contributed by atoms with Gasteiger partial charge in [-0.1, -0.05) is 0 Å². The van der Waals surface area contributed by atoms with Gasteiger partial charge in [0.1, 0.15) is 4.90 Å². The van der Waals surface area contributed by atoms with Gasteiger partial charge in [0.2, 0.25) is 5.95 Å². The second-order valence-corrected chi connectivity index (χ2v) is 5.14. The third-order valence-electron chi connectivity index (χ3n) is 2.18. The van der Waals surface area contributed by atoms with Gasteiger partial charge in [-0.3, -0.25) is 9.71 Å². The van der Waals surface area contributed by atoms with Crippen molar-refractivity contribution in [1.82, 2.24) is 15.0 Å². The van der Waals surface area contributed by atoms with E-state index in [2.05, 4.69) is 25.0 Å². The van der Waals surface area contributed by atoms with Crippen molar-refractivity contribution in [2.75, 3.05) is 17.1 Å². The molecule has 0 aromatic carbocycles. The van der Waals surface area contributed by atoms with Crippen LogP contribution in [0, 0.1) is 5.82 Å². The first-order chi connectivity index (χ1) is 9.03. The van der Waals surface area contributed by atoms with Crippen LogP contribution >= 0.6 is 0 Å². The van der Waals surface area contributed by atoms with Gasteiger partial charge < -0.3 is 5.32 Å². The van der Waals surface area contributed by atoms with Gasteiger partial charge in [0.25, 0.3) is 10.0 Å². The number of anilines is 2. The number of nitrogens with zero attached hydrogens (tertiary/aromatic N) is 3. The molecule has 0 amide bonds. The van der Waals surface area contributed by atoms with Crippen LogP contribution in [0.5, 0.6) is 0 Å². The lowest BCUT2D eigenvalue weighted by Crippen LogP contribution is -2.15. The molecule has 0 radical (unpaired) electrons. The Bertz CT molecular complexity index is 675. The van der Waals surface area contributed by atoms with Crippen molar-refractivity contribution in [3.8, 4) is 0 Å². The molecule has 0 saturated heterocycles. The fraction of sp³-hybridized carbons (Fsp3) is 0.100. The summed E-state index contributed by atoms with van der Waals surface area (Å²) in [5.74, 6) is -0.479. The maximum atomic E-state index is 13.3. The molecule has 2 aromatic rings. The Kier molecular flexibility index (Phi) is 3.56. The number of sulfonamides is 1. The zero-order valence-corrected chi connectivity index (χ0v) is 10.6. The van der Waals surface area contributed by atoms with E-state index in [4.69, 9.17) is 0 Å². The summed E-state index contributed by atoms with van der Waals surface area (Å²) in [5, 5.41) is 2.66. The molecule has 2 aromatic heterocycles. The van der Waals surface area contributed by atoms with Crippen LogP contribution in [0.4, 0.5) is 16.0 Å². The largest absolute Gasteiger partial charge is 0.357 e. The fourth-order valence-electron chi connectivity index (χ4n) is 1.25. The van der Waals surface area contributed by atoms with Crippen molar-refractivity contribution in [2.24, 2.45) is 0 Å². The van der Waals surface area contributed by atoms with Crippen molar-refractivity contribution >= 4 is 21.7 Å². The monoisotopic (exact) mass is 283 g/mol. The lowest BCUT2D eigenvalue weighted by molar-refractivity contribution is 0.597. The van der Waals surface area contributed by atoms with Crippen LogP contribution < -0.4 is 10.0 Å². The topological polar surface area (TPSA) is 96.9 Å². The molecule has 9 heteroatoms. The maximum absolute atomic E-state index is 13.3. The smallest absolute Gasteiger partial charge is 0.265 e. The van der Waals surface area contributed by atoms with Gasteiger partial charge in [-0.05, 0) is 6.07 Å². The zero-order valence-electron chi connectivity index (χ0n) is 9.83. The summed E-state index contributed by atoms with van der Waals surface area (Å²) in [7, 11) is -2.33. The predicted molar refractivity (Wildman–Crippen MR) is 66.6 cm³/mol. The molecule has 19 heavy (non-hydrogen) atoms. The van der Waals surface area contributed by atoms with E-state index >= 15 is 0 Å². The van der Waals surface area contributed by atoms with Gasteiger partial charge in [0.15, 0.2) is 5.82 Å². The van der Waals surface area contributed by atoms with E-state index in [1.165, 1.54) is 12.3 Å². The second-order valence-electron chi connectivity index (χ2n) is 3.45. The molecule has 0 aliphatic heterocycles. The lowest BCUT2D eigenvalue weighted by atomic mass is 10.4. The lowest BCUT2D eigenvalue weighted by Gasteiger charge is -2.08.